The fraction of sp³-hybridized carbons (Fsp3) is 0.250. The molecule has 0 amide bonds. The molecule has 32 heavy (non-hydrogen) atoms. The van der Waals surface area contributed by atoms with Crippen LogP contribution in [0.1, 0.15) is 29.9 Å². The van der Waals surface area contributed by atoms with Crippen LogP contribution >= 0.6 is 0 Å². The maximum atomic E-state index is 12.2. The third-order valence-electron chi connectivity index (χ3n) is 5.29. The van der Waals surface area contributed by atoms with Crippen molar-refractivity contribution in [1.29, 1.82) is 5.41 Å². The number of amidine groups is 1. The number of esters is 2. The number of hydrogen-bond acceptors (Lipinski definition) is 6. The van der Waals surface area contributed by atoms with E-state index in [1.54, 1.807) is 12.1 Å². The second-order valence-electron chi connectivity index (χ2n) is 7.36. The average Bonchev–Trinajstić information content (AvgIpc) is 3.20. The van der Waals surface area contributed by atoms with E-state index in [1.165, 1.54) is 14.2 Å². The van der Waals surface area contributed by atoms with E-state index >= 15 is 0 Å². The van der Waals surface area contributed by atoms with Crippen LogP contribution in [0.3, 0.4) is 0 Å². The molecule has 1 unspecified atom stereocenters. The van der Waals surface area contributed by atoms with Crippen molar-refractivity contribution in [2.24, 2.45) is 12.8 Å². The van der Waals surface area contributed by atoms with Crippen molar-refractivity contribution >= 4 is 17.8 Å². The second-order valence-corrected chi connectivity index (χ2v) is 7.36. The van der Waals surface area contributed by atoms with Gasteiger partial charge in [0.15, 0.2) is 0 Å². The van der Waals surface area contributed by atoms with Crippen LogP contribution in [-0.4, -0.2) is 41.5 Å². The zero-order chi connectivity index (χ0) is 23.3. The summed E-state index contributed by atoms with van der Waals surface area (Å²) in [6.45, 7) is 0. The minimum Gasteiger partial charge on any atom is -0.469 e. The van der Waals surface area contributed by atoms with Crippen molar-refractivity contribution < 1.29 is 19.1 Å². The number of aryl methyl sites for hydroxylation is 1. The van der Waals surface area contributed by atoms with Crippen LogP contribution in [0.5, 0.6) is 0 Å². The van der Waals surface area contributed by atoms with E-state index in [0.717, 1.165) is 28.2 Å². The van der Waals surface area contributed by atoms with E-state index in [0.29, 0.717) is 12.0 Å². The fourth-order valence-electron chi connectivity index (χ4n) is 3.49. The van der Waals surface area contributed by atoms with Crippen LogP contribution in [-0.2, 0) is 26.1 Å². The highest BCUT2D eigenvalue weighted by Crippen LogP contribution is 2.28. The van der Waals surface area contributed by atoms with Gasteiger partial charge in [-0.15, -0.1) is 0 Å². The molecule has 8 nitrogen and oxygen atoms in total. The highest BCUT2D eigenvalue weighted by molar-refractivity contribution is 5.95. The Morgan fingerprint density at radius 1 is 1.03 bits per heavy atom. The van der Waals surface area contributed by atoms with Crippen LogP contribution in [0.25, 0.3) is 22.6 Å². The van der Waals surface area contributed by atoms with Gasteiger partial charge in [0.25, 0.3) is 0 Å². The largest absolute Gasteiger partial charge is 0.469 e. The number of aromatic nitrogens is 2. The minimum absolute atomic E-state index is 0.0233. The first-order chi connectivity index (χ1) is 15.3. The summed E-state index contributed by atoms with van der Waals surface area (Å²) in [7, 11) is 4.57. The lowest BCUT2D eigenvalue weighted by Gasteiger charge is -2.15. The Balaban J connectivity index is 1.84. The van der Waals surface area contributed by atoms with E-state index in [1.807, 2.05) is 54.2 Å². The highest BCUT2D eigenvalue weighted by Gasteiger charge is 2.23. The molecular formula is C24H26N4O4. The predicted molar refractivity (Wildman–Crippen MR) is 121 cm³/mol. The zero-order valence-electron chi connectivity index (χ0n) is 18.3. The molecule has 166 valence electrons. The molecule has 1 heterocycles. The van der Waals surface area contributed by atoms with E-state index in [4.69, 9.17) is 20.9 Å². The summed E-state index contributed by atoms with van der Waals surface area (Å²) in [5.41, 5.74) is 9.55. The Kier molecular flexibility index (Phi) is 7.04. The van der Waals surface area contributed by atoms with Gasteiger partial charge in [-0.05, 0) is 12.0 Å². The molecule has 0 radical (unpaired) electrons. The molecule has 3 N–H and O–H groups in total. The number of benzene rings is 2. The summed E-state index contributed by atoms with van der Waals surface area (Å²) in [6, 6.07) is 14.9. The summed E-state index contributed by atoms with van der Waals surface area (Å²) in [5, 5.41) is 7.51. The first-order valence-electron chi connectivity index (χ1n) is 10.1. The lowest BCUT2D eigenvalue weighted by Crippen LogP contribution is -2.16. The van der Waals surface area contributed by atoms with Crippen molar-refractivity contribution in [3.63, 3.8) is 0 Å². The molecule has 0 aliphatic heterocycles. The molecule has 1 aromatic heterocycles. The van der Waals surface area contributed by atoms with Crippen LogP contribution < -0.4 is 5.73 Å². The third kappa shape index (κ3) is 5.03. The number of methoxy groups -OCH3 is 2. The van der Waals surface area contributed by atoms with Gasteiger partial charge in [0, 0.05) is 36.4 Å². The zero-order valence-corrected chi connectivity index (χ0v) is 18.3. The summed E-state index contributed by atoms with van der Waals surface area (Å²) in [4.78, 5) is 28.5. The number of carbonyl (C=O) groups is 2. The number of carbonyl (C=O) groups excluding carboxylic acids is 2. The van der Waals surface area contributed by atoms with Crippen molar-refractivity contribution in [2.75, 3.05) is 14.2 Å². The number of rotatable bonds is 8. The number of nitrogen functional groups attached to an aromatic ring is 1. The number of nitrogens with one attached hydrogen (secondary N) is 1. The Morgan fingerprint density at radius 2 is 1.66 bits per heavy atom. The number of nitrogens with zero attached hydrogens (tertiary/aromatic N) is 2. The monoisotopic (exact) mass is 434 g/mol. The SMILES string of the molecule is COC(=O)CCC(C(=O)OC)c1ccc(-c2nc(-c3ccc(C(=N)N)cc3)cn2C)cc1. The molecular weight excluding hydrogens is 408 g/mol. The maximum absolute atomic E-state index is 12.2. The van der Waals surface area contributed by atoms with Gasteiger partial charge >= 0.3 is 11.9 Å². The van der Waals surface area contributed by atoms with Crippen LogP contribution in [0.4, 0.5) is 0 Å². The molecule has 0 fully saturated rings. The average molecular weight is 434 g/mol. The van der Waals surface area contributed by atoms with Gasteiger partial charge in [-0.2, -0.15) is 0 Å². The standard InChI is InChI=1S/C24H26N4O4/c1-28-14-20(16-6-8-17(9-7-16)22(25)26)27-23(28)18-10-4-15(5-11-18)19(24(30)32-3)12-13-21(29)31-2/h4-11,14,19H,12-13H2,1-3H3,(H3,25,26). The van der Waals surface area contributed by atoms with Crippen molar-refractivity contribution in [3.05, 3.63) is 65.9 Å². The molecule has 0 spiro atoms. The summed E-state index contributed by atoms with van der Waals surface area (Å²) < 4.78 is 11.5. The molecule has 0 aliphatic carbocycles. The molecule has 0 saturated heterocycles. The lowest BCUT2D eigenvalue weighted by molar-refractivity contribution is -0.143. The van der Waals surface area contributed by atoms with Gasteiger partial charge in [-0.1, -0.05) is 48.5 Å². The minimum atomic E-state index is -0.551. The van der Waals surface area contributed by atoms with E-state index < -0.39 is 11.9 Å². The first-order valence-corrected chi connectivity index (χ1v) is 10.1. The molecule has 8 heteroatoms. The molecule has 2 aromatic carbocycles. The number of nitrogens with two attached hydrogens (primary N) is 1. The normalized spacial score (nSPS) is 11.6. The van der Waals surface area contributed by atoms with Gasteiger partial charge in [-0.3, -0.25) is 15.0 Å². The number of imidazole rings is 1. The highest BCUT2D eigenvalue weighted by atomic mass is 16.5. The predicted octanol–water partition coefficient (Wildman–Crippen LogP) is 3.25. The van der Waals surface area contributed by atoms with E-state index in [9.17, 15) is 9.59 Å². The number of hydrogen-bond donors (Lipinski definition) is 2. The van der Waals surface area contributed by atoms with Crippen LogP contribution in [0.15, 0.2) is 54.7 Å². The summed E-state index contributed by atoms with van der Waals surface area (Å²) >= 11 is 0. The molecule has 1 atom stereocenters. The van der Waals surface area contributed by atoms with Crippen molar-refractivity contribution in [1.82, 2.24) is 9.55 Å². The molecule has 3 aromatic rings. The smallest absolute Gasteiger partial charge is 0.313 e. The van der Waals surface area contributed by atoms with Gasteiger partial charge in [0.1, 0.15) is 11.7 Å². The molecule has 0 aliphatic rings. The molecule has 0 bridgehead atoms. The number of ether oxygens (including phenoxy) is 2. The Bertz CT molecular complexity index is 1120. The Morgan fingerprint density at radius 3 is 2.22 bits per heavy atom. The van der Waals surface area contributed by atoms with Crippen molar-refractivity contribution in [2.45, 2.75) is 18.8 Å². The van der Waals surface area contributed by atoms with Gasteiger partial charge < -0.3 is 19.8 Å². The van der Waals surface area contributed by atoms with Gasteiger partial charge in [0.05, 0.1) is 25.8 Å². The summed E-state index contributed by atoms with van der Waals surface area (Å²) in [5.74, 6) is -0.520. The second kappa shape index (κ2) is 9.91. The first kappa shape index (κ1) is 22.7. The van der Waals surface area contributed by atoms with E-state index in [2.05, 4.69) is 4.74 Å². The Hall–Kier alpha value is -3.94. The third-order valence-corrected chi connectivity index (χ3v) is 5.29. The van der Waals surface area contributed by atoms with E-state index in [-0.39, 0.29) is 18.2 Å². The maximum Gasteiger partial charge on any atom is 0.313 e. The van der Waals surface area contributed by atoms with Gasteiger partial charge in [-0.25, -0.2) is 4.98 Å². The molecule has 3 rings (SSSR count). The molecule has 0 saturated carbocycles. The fourth-order valence-corrected chi connectivity index (χ4v) is 3.49. The van der Waals surface area contributed by atoms with Crippen LogP contribution in [0.2, 0.25) is 0 Å². The van der Waals surface area contributed by atoms with Gasteiger partial charge in [0.2, 0.25) is 0 Å². The summed E-state index contributed by atoms with van der Waals surface area (Å²) in [6.07, 6.45) is 2.37. The van der Waals surface area contributed by atoms with Crippen molar-refractivity contribution in [3.8, 4) is 22.6 Å². The Labute approximate surface area is 186 Å². The lowest BCUT2D eigenvalue weighted by atomic mass is 9.93. The topological polar surface area (TPSA) is 120 Å². The van der Waals surface area contributed by atoms with Crippen LogP contribution in [0, 0.1) is 5.41 Å². The quantitative estimate of drug-likeness (QED) is 0.319.